The maximum Gasteiger partial charge on any atom is 0.390 e. The molecule has 1 rings (SSSR count). The average Bonchev–Trinajstić information content (AvgIpc) is 2.26. The topological polar surface area (TPSA) is 72.2 Å². The molecule has 0 aromatic heterocycles. The van der Waals surface area contributed by atoms with Crippen LogP contribution < -0.4 is 10.5 Å². The third-order valence-electron chi connectivity index (χ3n) is 2.26. The molecular weight excluding hydrogens is 305 g/mol. The van der Waals surface area contributed by atoms with Crippen LogP contribution in [0.15, 0.2) is 23.1 Å². The zero-order chi connectivity index (χ0) is 14.7. The molecule has 0 aliphatic carbocycles. The Bertz CT molecular complexity index is 546. The van der Waals surface area contributed by atoms with Gasteiger partial charge in [-0.25, -0.2) is 13.1 Å². The lowest BCUT2D eigenvalue weighted by Gasteiger charge is -2.10. The standard InChI is InChI=1S/C10H12ClF3N2O2S/c11-9-5-8(2-1-7(9)6-15)19(17,18)16-4-3-10(12,13)14/h1-2,5,16H,3-4,6,15H2. The molecule has 19 heavy (non-hydrogen) atoms. The lowest BCUT2D eigenvalue weighted by molar-refractivity contribution is -0.132. The molecule has 0 saturated carbocycles. The fourth-order valence-corrected chi connectivity index (χ4v) is 2.65. The Morgan fingerprint density at radius 3 is 2.42 bits per heavy atom. The number of sulfonamides is 1. The van der Waals surface area contributed by atoms with Crippen molar-refractivity contribution in [3.05, 3.63) is 28.8 Å². The van der Waals surface area contributed by atoms with Crippen molar-refractivity contribution < 1.29 is 21.6 Å². The van der Waals surface area contributed by atoms with E-state index in [2.05, 4.69) is 0 Å². The van der Waals surface area contributed by atoms with E-state index in [0.717, 1.165) is 6.07 Å². The molecule has 0 bridgehead atoms. The Morgan fingerprint density at radius 1 is 1.32 bits per heavy atom. The van der Waals surface area contributed by atoms with Crippen molar-refractivity contribution in [3.8, 4) is 0 Å². The Hall–Kier alpha value is -0.830. The third kappa shape index (κ3) is 4.98. The summed E-state index contributed by atoms with van der Waals surface area (Å²) in [6, 6.07) is 3.81. The van der Waals surface area contributed by atoms with Gasteiger partial charge in [0.15, 0.2) is 0 Å². The monoisotopic (exact) mass is 316 g/mol. The van der Waals surface area contributed by atoms with Crippen LogP contribution in [-0.2, 0) is 16.6 Å². The van der Waals surface area contributed by atoms with E-state index in [4.69, 9.17) is 17.3 Å². The molecule has 3 N–H and O–H groups in total. The zero-order valence-corrected chi connectivity index (χ0v) is 11.2. The number of halogens is 4. The quantitative estimate of drug-likeness (QED) is 0.873. The van der Waals surface area contributed by atoms with Crippen LogP contribution >= 0.6 is 11.6 Å². The normalized spacial score (nSPS) is 12.7. The molecule has 1 aromatic carbocycles. The van der Waals surface area contributed by atoms with Crippen LogP contribution in [0.3, 0.4) is 0 Å². The number of benzene rings is 1. The molecule has 0 heterocycles. The van der Waals surface area contributed by atoms with Gasteiger partial charge < -0.3 is 5.73 Å². The first-order valence-corrected chi connectivity index (χ1v) is 7.07. The van der Waals surface area contributed by atoms with Crippen LogP contribution in [-0.4, -0.2) is 21.1 Å². The summed E-state index contributed by atoms with van der Waals surface area (Å²) in [5, 5.41) is 0.154. The van der Waals surface area contributed by atoms with Crippen molar-refractivity contribution in [2.24, 2.45) is 5.73 Å². The highest BCUT2D eigenvalue weighted by Gasteiger charge is 2.27. The largest absolute Gasteiger partial charge is 0.390 e. The van der Waals surface area contributed by atoms with Gasteiger partial charge in [-0.2, -0.15) is 13.2 Å². The summed E-state index contributed by atoms with van der Waals surface area (Å²) < 4.78 is 61.0. The van der Waals surface area contributed by atoms with E-state index in [1.165, 1.54) is 12.1 Å². The van der Waals surface area contributed by atoms with E-state index in [0.29, 0.717) is 5.56 Å². The predicted octanol–water partition coefficient (Wildman–Crippen LogP) is 2.03. The highest BCUT2D eigenvalue weighted by atomic mass is 35.5. The number of rotatable bonds is 5. The van der Waals surface area contributed by atoms with Crippen LogP contribution in [0.4, 0.5) is 13.2 Å². The van der Waals surface area contributed by atoms with Crippen molar-refractivity contribution in [1.82, 2.24) is 4.72 Å². The first kappa shape index (κ1) is 16.2. The molecule has 0 unspecified atom stereocenters. The Kier molecular flexibility index (Phi) is 5.19. The van der Waals surface area contributed by atoms with E-state index in [1.807, 2.05) is 4.72 Å². The minimum Gasteiger partial charge on any atom is -0.326 e. The summed E-state index contributed by atoms with van der Waals surface area (Å²) in [6.07, 6.45) is -5.65. The van der Waals surface area contributed by atoms with Gasteiger partial charge in [-0.3, -0.25) is 0 Å². The zero-order valence-electron chi connectivity index (χ0n) is 9.67. The summed E-state index contributed by atoms with van der Waals surface area (Å²) in [4.78, 5) is -0.197. The van der Waals surface area contributed by atoms with Crippen molar-refractivity contribution in [2.75, 3.05) is 6.54 Å². The smallest absolute Gasteiger partial charge is 0.326 e. The number of nitrogens with two attached hydrogens (primary N) is 1. The first-order valence-electron chi connectivity index (χ1n) is 5.20. The van der Waals surface area contributed by atoms with Gasteiger partial charge in [0.1, 0.15) is 0 Å². The molecule has 9 heteroatoms. The molecule has 0 radical (unpaired) electrons. The molecule has 0 saturated heterocycles. The minimum absolute atomic E-state index is 0.140. The molecule has 108 valence electrons. The van der Waals surface area contributed by atoms with E-state index in [9.17, 15) is 21.6 Å². The second kappa shape index (κ2) is 6.08. The van der Waals surface area contributed by atoms with Crippen molar-refractivity contribution in [3.63, 3.8) is 0 Å². The molecular formula is C10H12ClF3N2O2S. The van der Waals surface area contributed by atoms with Crippen LogP contribution in [0.2, 0.25) is 5.02 Å². The van der Waals surface area contributed by atoms with Gasteiger partial charge in [0.05, 0.1) is 11.3 Å². The summed E-state index contributed by atoms with van der Waals surface area (Å²) in [6.45, 7) is -0.581. The van der Waals surface area contributed by atoms with Crippen LogP contribution in [0, 0.1) is 0 Å². The molecule has 0 atom stereocenters. The van der Waals surface area contributed by atoms with E-state index >= 15 is 0 Å². The third-order valence-corrected chi connectivity index (χ3v) is 4.07. The van der Waals surface area contributed by atoms with Gasteiger partial charge in [-0.05, 0) is 17.7 Å². The number of hydrogen-bond acceptors (Lipinski definition) is 3. The lowest BCUT2D eigenvalue weighted by Crippen LogP contribution is -2.28. The van der Waals surface area contributed by atoms with Gasteiger partial charge >= 0.3 is 6.18 Å². The van der Waals surface area contributed by atoms with E-state index in [-0.39, 0.29) is 16.5 Å². The second-order valence-electron chi connectivity index (χ2n) is 3.72. The maximum atomic E-state index is 11.9. The van der Waals surface area contributed by atoms with Crippen LogP contribution in [0.5, 0.6) is 0 Å². The van der Waals surface area contributed by atoms with Gasteiger partial charge in [-0.1, -0.05) is 17.7 Å². The van der Waals surface area contributed by atoms with Gasteiger partial charge in [0, 0.05) is 18.1 Å². The summed E-state index contributed by atoms with van der Waals surface area (Å²) in [5.74, 6) is 0. The molecule has 0 amide bonds. The molecule has 1 aromatic rings. The Balaban J connectivity index is 2.80. The first-order chi connectivity index (χ1) is 8.65. The van der Waals surface area contributed by atoms with E-state index < -0.39 is 29.2 Å². The minimum atomic E-state index is -4.41. The molecule has 0 aliphatic rings. The van der Waals surface area contributed by atoms with Crippen molar-refractivity contribution in [1.29, 1.82) is 0 Å². The summed E-state index contributed by atoms with van der Waals surface area (Å²) in [5.41, 5.74) is 5.92. The predicted molar refractivity (Wildman–Crippen MR) is 65.2 cm³/mol. The average molecular weight is 317 g/mol. The van der Waals surface area contributed by atoms with Gasteiger partial charge in [0.25, 0.3) is 0 Å². The number of hydrogen-bond donors (Lipinski definition) is 2. The maximum absolute atomic E-state index is 11.9. The molecule has 0 spiro atoms. The Morgan fingerprint density at radius 2 is 1.95 bits per heavy atom. The van der Waals surface area contributed by atoms with Crippen LogP contribution in [0.1, 0.15) is 12.0 Å². The fraction of sp³-hybridized carbons (Fsp3) is 0.400. The fourth-order valence-electron chi connectivity index (χ4n) is 1.27. The SMILES string of the molecule is NCc1ccc(S(=O)(=O)NCCC(F)(F)F)cc1Cl. The van der Waals surface area contributed by atoms with Crippen molar-refractivity contribution in [2.45, 2.75) is 24.0 Å². The summed E-state index contributed by atoms with van der Waals surface area (Å²) >= 11 is 5.79. The molecule has 4 nitrogen and oxygen atoms in total. The lowest BCUT2D eigenvalue weighted by atomic mass is 10.2. The Labute approximate surface area is 113 Å². The van der Waals surface area contributed by atoms with Gasteiger partial charge in [0.2, 0.25) is 10.0 Å². The highest BCUT2D eigenvalue weighted by molar-refractivity contribution is 7.89. The highest BCUT2D eigenvalue weighted by Crippen LogP contribution is 2.21. The summed E-state index contributed by atoms with van der Waals surface area (Å²) in [7, 11) is -4.01. The number of nitrogens with one attached hydrogen (secondary N) is 1. The molecule has 0 aliphatic heterocycles. The number of alkyl halides is 3. The molecule has 0 fully saturated rings. The van der Waals surface area contributed by atoms with E-state index in [1.54, 1.807) is 0 Å². The van der Waals surface area contributed by atoms with Crippen LogP contribution in [0.25, 0.3) is 0 Å². The van der Waals surface area contributed by atoms with Crippen molar-refractivity contribution >= 4 is 21.6 Å². The van der Waals surface area contributed by atoms with Gasteiger partial charge in [-0.15, -0.1) is 0 Å². The second-order valence-corrected chi connectivity index (χ2v) is 5.89.